The van der Waals surface area contributed by atoms with Crippen molar-refractivity contribution in [3.63, 3.8) is 0 Å². The van der Waals surface area contributed by atoms with Crippen molar-refractivity contribution in [1.82, 2.24) is 4.90 Å². The highest BCUT2D eigenvalue weighted by Gasteiger charge is 2.42. The number of nitrogens with zero attached hydrogens (tertiary/aromatic N) is 2. The fourth-order valence-corrected chi connectivity index (χ4v) is 6.56. The molecule has 0 N–H and O–H groups in total. The van der Waals surface area contributed by atoms with Gasteiger partial charge in [-0.15, -0.1) is 0 Å². The number of aryl methyl sites for hydroxylation is 1. The molecule has 0 radical (unpaired) electrons. The molecule has 1 amide bonds. The van der Waals surface area contributed by atoms with E-state index in [2.05, 4.69) is 35.3 Å². The van der Waals surface area contributed by atoms with Gasteiger partial charge in [0.25, 0.3) is 0 Å². The third-order valence-corrected chi connectivity index (χ3v) is 8.73. The number of halogens is 1. The first-order valence-corrected chi connectivity index (χ1v) is 14.0. The van der Waals surface area contributed by atoms with Gasteiger partial charge in [0, 0.05) is 43.0 Å². The third-order valence-electron chi connectivity index (χ3n) is 8.49. The average Bonchev–Trinajstić information content (AvgIpc) is 3.04. The molecule has 0 saturated heterocycles. The highest BCUT2D eigenvalue weighted by molar-refractivity contribution is 6.30. The number of hydrogen-bond acceptors (Lipinski definition) is 4. The Kier molecular flexibility index (Phi) is 7.62. The van der Waals surface area contributed by atoms with E-state index < -0.39 is 11.8 Å². The number of carbonyl (C=O) groups is 2. The summed E-state index contributed by atoms with van der Waals surface area (Å²) in [5, 5.41) is 0.787. The minimum atomic E-state index is -0.508. The minimum absolute atomic E-state index is 0.0175. The summed E-state index contributed by atoms with van der Waals surface area (Å²) in [4.78, 5) is 29.6. The number of likely N-dealkylation sites (N-methyl/N-ethyl adjacent to an activating group) is 1. The molecule has 0 fully saturated rings. The molecule has 196 valence electrons. The first-order chi connectivity index (χ1) is 17.9. The summed E-state index contributed by atoms with van der Waals surface area (Å²) in [6.45, 7) is 4.81. The maximum Gasteiger partial charge on any atom is 0.226 e. The lowest BCUT2D eigenvalue weighted by molar-refractivity contribution is -0.135. The smallest absolute Gasteiger partial charge is 0.226 e. The minimum Gasteiger partial charge on any atom is -0.490 e. The summed E-state index contributed by atoms with van der Waals surface area (Å²) in [6, 6.07) is 12.4. The molecule has 2 bridgehead atoms. The molecule has 3 atom stereocenters. The molecule has 3 aliphatic rings. The molecule has 5 rings (SSSR count). The van der Waals surface area contributed by atoms with E-state index in [1.165, 1.54) is 11.1 Å². The monoisotopic (exact) mass is 520 g/mol. The lowest BCUT2D eigenvalue weighted by Gasteiger charge is -2.41. The Morgan fingerprint density at radius 2 is 1.97 bits per heavy atom. The number of hydrogen-bond donors (Lipinski definition) is 0. The number of rotatable bonds is 1. The summed E-state index contributed by atoms with van der Waals surface area (Å²) < 4.78 is 6.56. The lowest BCUT2D eigenvalue weighted by Crippen LogP contribution is -2.46. The molecule has 1 unspecified atom stereocenters. The second-order valence-electron chi connectivity index (χ2n) is 11.0. The van der Waals surface area contributed by atoms with Crippen molar-refractivity contribution >= 4 is 29.5 Å². The van der Waals surface area contributed by atoms with E-state index in [4.69, 9.17) is 16.3 Å². The van der Waals surface area contributed by atoms with Crippen molar-refractivity contribution in [3.8, 4) is 5.75 Å². The zero-order chi connectivity index (χ0) is 26.0. The Morgan fingerprint density at radius 3 is 2.81 bits per heavy atom. The van der Waals surface area contributed by atoms with Gasteiger partial charge in [0.1, 0.15) is 12.0 Å². The van der Waals surface area contributed by atoms with E-state index in [0.29, 0.717) is 13.2 Å². The van der Waals surface area contributed by atoms with Gasteiger partial charge >= 0.3 is 0 Å². The van der Waals surface area contributed by atoms with Crippen LogP contribution in [0.5, 0.6) is 5.75 Å². The number of ether oxygens (including phenoxy) is 1. The predicted molar refractivity (Wildman–Crippen MR) is 149 cm³/mol. The van der Waals surface area contributed by atoms with E-state index in [1.807, 2.05) is 32.2 Å². The van der Waals surface area contributed by atoms with Crippen LogP contribution < -0.4 is 9.64 Å². The van der Waals surface area contributed by atoms with Crippen LogP contribution >= 0.6 is 11.6 Å². The maximum atomic E-state index is 13.1. The number of aldehydes is 1. The first kappa shape index (κ1) is 25.8. The van der Waals surface area contributed by atoms with E-state index in [-0.39, 0.29) is 11.3 Å². The topological polar surface area (TPSA) is 49.9 Å². The van der Waals surface area contributed by atoms with Crippen molar-refractivity contribution in [2.75, 3.05) is 38.2 Å². The van der Waals surface area contributed by atoms with Crippen LogP contribution in [0.15, 0.2) is 48.6 Å². The Balaban J connectivity index is 1.56. The molecular weight excluding hydrogens is 484 g/mol. The van der Waals surface area contributed by atoms with Crippen LogP contribution in [0.4, 0.5) is 5.69 Å². The molecule has 2 aromatic rings. The number of allylic oxidation sites excluding steroid dienone is 1. The molecule has 5 nitrogen and oxygen atoms in total. The molecule has 37 heavy (non-hydrogen) atoms. The quantitative estimate of drug-likeness (QED) is 0.345. The standard InChI is InChI=1S/C31H37ClN2O3/c1-22-26(19-35)23-10-13-29-28(18-23)34(16-7-5-3-4-6-15-33(2)30(22)36)20-31(21-37-29)14-8-9-24-17-25(32)11-12-27(24)31/h4,6,10-13,17-19,22,26H,3,5,7-9,14-16,20-21H2,1-2H3/b6-4+/t22-,26?,31-/m0/s1. The molecule has 2 aliphatic heterocycles. The van der Waals surface area contributed by atoms with Crippen LogP contribution in [-0.4, -0.2) is 50.4 Å². The van der Waals surface area contributed by atoms with Crippen molar-refractivity contribution in [2.45, 2.75) is 56.8 Å². The normalized spacial score (nSPS) is 27.4. The van der Waals surface area contributed by atoms with Gasteiger partial charge in [-0.3, -0.25) is 4.79 Å². The van der Waals surface area contributed by atoms with Crippen LogP contribution in [0.3, 0.4) is 0 Å². The SMILES string of the molecule is C[C@@H]1C(=O)N(C)C/C=C/CCCCN2C[C@@]3(CCCc4cc(Cl)ccc43)COc3ccc(cc32)C1C=O. The average molecular weight is 521 g/mol. The van der Waals surface area contributed by atoms with Gasteiger partial charge in [0.2, 0.25) is 5.91 Å². The fourth-order valence-electron chi connectivity index (χ4n) is 6.37. The van der Waals surface area contributed by atoms with Gasteiger partial charge in [-0.25, -0.2) is 0 Å². The summed E-state index contributed by atoms with van der Waals surface area (Å²) in [6.07, 6.45) is 11.5. The van der Waals surface area contributed by atoms with Crippen LogP contribution in [0, 0.1) is 5.92 Å². The van der Waals surface area contributed by atoms with Crippen LogP contribution in [0.2, 0.25) is 5.02 Å². The molecule has 6 heteroatoms. The van der Waals surface area contributed by atoms with E-state index in [0.717, 1.165) is 79.9 Å². The van der Waals surface area contributed by atoms with Crippen molar-refractivity contribution in [1.29, 1.82) is 0 Å². The number of fused-ring (bicyclic) bond motifs is 3. The van der Waals surface area contributed by atoms with Crippen molar-refractivity contribution < 1.29 is 14.3 Å². The van der Waals surface area contributed by atoms with Gasteiger partial charge in [0.05, 0.1) is 18.2 Å². The van der Waals surface area contributed by atoms with Gasteiger partial charge in [-0.2, -0.15) is 0 Å². The van der Waals surface area contributed by atoms with Crippen LogP contribution in [0.25, 0.3) is 0 Å². The van der Waals surface area contributed by atoms with Crippen LogP contribution in [-0.2, 0) is 21.4 Å². The molecule has 0 aromatic heterocycles. The maximum absolute atomic E-state index is 13.1. The van der Waals surface area contributed by atoms with E-state index in [1.54, 1.807) is 4.90 Å². The Morgan fingerprint density at radius 1 is 1.11 bits per heavy atom. The van der Waals surface area contributed by atoms with Crippen molar-refractivity contribution in [3.05, 3.63) is 70.3 Å². The predicted octanol–water partition coefficient (Wildman–Crippen LogP) is 5.93. The number of amides is 1. The lowest BCUT2D eigenvalue weighted by atomic mass is 9.70. The molecule has 1 spiro atoms. The highest BCUT2D eigenvalue weighted by Crippen LogP contribution is 2.45. The fraction of sp³-hybridized carbons (Fsp3) is 0.484. The van der Waals surface area contributed by atoms with E-state index >= 15 is 0 Å². The first-order valence-electron chi connectivity index (χ1n) is 13.6. The summed E-state index contributed by atoms with van der Waals surface area (Å²) in [5.74, 6) is -0.116. The summed E-state index contributed by atoms with van der Waals surface area (Å²) >= 11 is 6.37. The highest BCUT2D eigenvalue weighted by atomic mass is 35.5. The largest absolute Gasteiger partial charge is 0.490 e. The van der Waals surface area contributed by atoms with Gasteiger partial charge in [-0.05, 0) is 79.5 Å². The van der Waals surface area contributed by atoms with E-state index in [9.17, 15) is 9.59 Å². The second kappa shape index (κ2) is 10.9. The molecule has 0 saturated carbocycles. The molecular formula is C31H37ClN2O3. The van der Waals surface area contributed by atoms with Crippen molar-refractivity contribution in [2.24, 2.45) is 5.92 Å². The van der Waals surface area contributed by atoms with Gasteiger partial charge < -0.3 is 19.3 Å². The molecule has 2 heterocycles. The third kappa shape index (κ3) is 5.16. The van der Waals surface area contributed by atoms with Gasteiger partial charge in [0.15, 0.2) is 0 Å². The Hall–Kier alpha value is -2.79. The summed E-state index contributed by atoms with van der Waals surface area (Å²) in [5.41, 5.74) is 4.46. The Labute approximate surface area is 225 Å². The second-order valence-corrected chi connectivity index (χ2v) is 11.4. The molecule has 1 aliphatic carbocycles. The number of anilines is 1. The van der Waals surface area contributed by atoms with Crippen LogP contribution in [0.1, 0.15) is 61.6 Å². The zero-order valence-electron chi connectivity index (χ0n) is 21.9. The van der Waals surface area contributed by atoms with Gasteiger partial charge in [-0.1, -0.05) is 42.8 Å². The Bertz CT molecular complexity index is 1190. The number of benzene rings is 2. The molecule has 2 aromatic carbocycles. The number of carbonyl (C=O) groups excluding carboxylic acids is 2. The zero-order valence-corrected chi connectivity index (χ0v) is 22.7. The summed E-state index contributed by atoms with van der Waals surface area (Å²) in [7, 11) is 1.81.